The van der Waals surface area contributed by atoms with Crippen molar-refractivity contribution in [2.24, 2.45) is 17.8 Å². The average molecular weight is 768 g/mol. The molecular weight excluding hydrogens is 698 g/mol. The second kappa shape index (κ2) is 25.8. The van der Waals surface area contributed by atoms with E-state index in [9.17, 15) is 19.2 Å². The van der Waals surface area contributed by atoms with E-state index in [1.54, 1.807) is 21.3 Å². The Bertz CT molecular complexity index is 1220. The van der Waals surface area contributed by atoms with Crippen LogP contribution in [0.15, 0.2) is 30.3 Å². The number of carboxylic acids is 1. The second-order valence-electron chi connectivity index (χ2n) is 14.9. The Balaban J connectivity index is 0.000000492. The monoisotopic (exact) mass is 767 g/mol. The van der Waals surface area contributed by atoms with Gasteiger partial charge in [-0.15, -0.1) is 0 Å². The van der Waals surface area contributed by atoms with E-state index in [0.29, 0.717) is 31.2 Å². The molecule has 0 aromatic heterocycles. The molecule has 0 saturated carbocycles. The Hall–Kier alpha value is -3.14. The molecule has 14 nitrogen and oxygen atoms in total. The molecule has 1 aromatic carbocycles. The maximum absolute atomic E-state index is 13.3. The zero-order chi connectivity index (χ0) is 41.0. The van der Waals surface area contributed by atoms with Crippen LogP contribution in [0.25, 0.3) is 0 Å². The molecule has 2 aliphatic heterocycles. The number of methoxy groups -OCH3 is 3. The molecule has 2 saturated heterocycles. The molecule has 3 rings (SSSR count). The normalized spacial score (nSPS) is 22.4. The lowest BCUT2D eigenvalue weighted by Gasteiger charge is -2.39. The summed E-state index contributed by atoms with van der Waals surface area (Å²) in [5.74, 6) is -0.0926. The number of nitrogens with one attached hydrogen (secondary N) is 1. The van der Waals surface area contributed by atoms with Crippen molar-refractivity contribution in [1.82, 2.24) is 15.1 Å². The summed E-state index contributed by atoms with van der Waals surface area (Å²) in [5.41, 5.74) is 1.07. The van der Waals surface area contributed by atoms with Crippen molar-refractivity contribution in [1.29, 1.82) is 0 Å². The largest absolute Gasteiger partial charge is 0.479 e. The number of rotatable bonds is 18. The molecular formula is C40H69N3O11. The molecule has 54 heavy (non-hydrogen) atoms. The lowest BCUT2D eigenvalue weighted by atomic mass is 9.90. The molecule has 310 valence electrons. The Morgan fingerprint density at radius 3 is 2.15 bits per heavy atom. The van der Waals surface area contributed by atoms with E-state index in [4.69, 9.17) is 29.5 Å². The maximum Gasteiger partial charge on any atom is 0.335 e. The first-order valence-corrected chi connectivity index (χ1v) is 19.1. The average Bonchev–Trinajstić information content (AvgIpc) is 3.61. The minimum Gasteiger partial charge on any atom is -0.479 e. The van der Waals surface area contributed by atoms with Gasteiger partial charge in [-0.25, -0.2) is 4.79 Å². The lowest BCUT2D eigenvalue weighted by Crippen LogP contribution is -2.52. The van der Waals surface area contributed by atoms with Gasteiger partial charge in [-0.2, -0.15) is 0 Å². The van der Waals surface area contributed by atoms with Crippen LogP contribution in [0.2, 0.25) is 0 Å². The predicted molar refractivity (Wildman–Crippen MR) is 206 cm³/mol. The van der Waals surface area contributed by atoms with Crippen LogP contribution in [0, 0.1) is 17.8 Å². The van der Waals surface area contributed by atoms with E-state index in [-0.39, 0.29) is 67.6 Å². The van der Waals surface area contributed by atoms with Gasteiger partial charge in [-0.1, -0.05) is 78.3 Å². The summed E-state index contributed by atoms with van der Waals surface area (Å²) in [6.45, 7) is 13.9. The molecule has 2 aliphatic rings. The molecule has 14 heteroatoms. The number of aliphatic hydroxyl groups is 2. The number of carboxylic acid groups (broad SMARTS) is 1. The smallest absolute Gasteiger partial charge is 0.335 e. The number of benzene rings is 1. The fourth-order valence-electron chi connectivity index (χ4n) is 7.04. The Kier molecular flexibility index (Phi) is 23.4. The molecule has 2 fully saturated rings. The summed E-state index contributed by atoms with van der Waals surface area (Å²) in [6, 6.07) is 9.77. The fourth-order valence-corrected chi connectivity index (χ4v) is 7.04. The first kappa shape index (κ1) is 48.9. The topological polar surface area (TPSA) is 184 Å². The number of ether oxygens (including phenoxy) is 4. The van der Waals surface area contributed by atoms with Crippen molar-refractivity contribution in [3.63, 3.8) is 0 Å². The van der Waals surface area contributed by atoms with Gasteiger partial charge in [0.15, 0.2) is 6.10 Å². The van der Waals surface area contributed by atoms with Gasteiger partial charge in [0.05, 0.1) is 55.6 Å². The number of carbonyl (C=O) groups is 4. The fraction of sp³-hybridized carbons (Fsp3) is 0.750. The molecule has 7 unspecified atom stereocenters. The number of amides is 3. The van der Waals surface area contributed by atoms with Gasteiger partial charge in [0.2, 0.25) is 18.2 Å². The summed E-state index contributed by atoms with van der Waals surface area (Å²) in [4.78, 5) is 50.3. The van der Waals surface area contributed by atoms with Crippen molar-refractivity contribution in [2.75, 3.05) is 48.1 Å². The third-order valence-corrected chi connectivity index (χ3v) is 10.1. The first-order valence-electron chi connectivity index (χ1n) is 19.1. The number of likely N-dealkylation sites (N-methyl/N-ethyl adjacent to an activating group) is 1. The quantitative estimate of drug-likeness (QED) is 0.160. The van der Waals surface area contributed by atoms with E-state index in [1.165, 1.54) is 0 Å². The van der Waals surface area contributed by atoms with Gasteiger partial charge >= 0.3 is 5.97 Å². The summed E-state index contributed by atoms with van der Waals surface area (Å²) in [5, 5.41) is 29.0. The van der Waals surface area contributed by atoms with E-state index >= 15 is 0 Å². The molecule has 2 heterocycles. The molecule has 4 N–H and O–H groups in total. The van der Waals surface area contributed by atoms with Crippen LogP contribution in [0.1, 0.15) is 91.7 Å². The number of aliphatic carboxylic acids is 1. The van der Waals surface area contributed by atoms with Crippen LogP contribution in [-0.2, 0) is 38.1 Å². The van der Waals surface area contributed by atoms with Gasteiger partial charge in [-0.05, 0) is 36.2 Å². The van der Waals surface area contributed by atoms with E-state index in [2.05, 4.69) is 51.6 Å². The van der Waals surface area contributed by atoms with E-state index in [1.807, 2.05) is 47.2 Å². The van der Waals surface area contributed by atoms with E-state index < -0.39 is 24.3 Å². The molecule has 1 aromatic rings. The van der Waals surface area contributed by atoms with Crippen LogP contribution in [0.4, 0.5) is 0 Å². The summed E-state index contributed by atoms with van der Waals surface area (Å²) < 4.78 is 21.5. The summed E-state index contributed by atoms with van der Waals surface area (Å²) in [6.07, 6.45) is 1.05. The van der Waals surface area contributed by atoms with Crippen LogP contribution < -0.4 is 5.32 Å². The molecule has 9 atom stereocenters. The Morgan fingerprint density at radius 2 is 1.67 bits per heavy atom. The zero-order valence-electron chi connectivity index (χ0n) is 34.2. The van der Waals surface area contributed by atoms with Crippen molar-refractivity contribution >= 4 is 24.2 Å². The molecule has 3 amide bonds. The van der Waals surface area contributed by atoms with Gasteiger partial charge < -0.3 is 49.4 Å². The molecule has 0 aliphatic carbocycles. The first-order chi connectivity index (χ1) is 25.6. The van der Waals surface area contributed by atoms with Crippen LogP contribution >= 0.6 is 0 Å². The third kappa shape index (κ3) is 15.9. The second-order valence-corrected chi connectivity index (χ2v) is 14.9. The number of aliphatic hydroxyl groups excluding tert-OH is 2. The highest BCUT2D eigenvalue weighted by atomic mass is 16.5. The molecule has 0 spiro atoms. The highest BCUT2D eigenvalue weighted by Crippen LogP contribution is 2.29. The van der Waals surface area contributed by atoms with Crippen molar-refractivity contribution < 1.29 is 53.4 Å². The number of likely N-dealkylation sites (tertiary alicyclic amines) is 1. The van der Waals surface area contributed by atoms with E-state index in [0.717, 1.165) is 31.4 Å². The lowest BCUT2D eigenvalue weighted by molar-refractivity contribution is -0.173. The highest BCUT2D eigenvalue weighted by molar-refractivity contribution is 5.79. The maximum atomic E-state index is 13.3. The SMILES string of the molecule is CCC(C)C(C(CC(=O)N1CCC[C@H]1C(OC)C(C)C)OC)N(C)C(=O)CC(C)C.COC(CNC=O)c1ccccc1.O=C(O)[C@H]1OCC(O)CC1O. The molecule has 0 bridgehead atoms. The van der Waals surface area contributed by atoms with Crippen molar-refractivity contribution in [3.8, 4) is 0 Å². The molecule has 0 radical (unpaired) electrons. The minimum atomic E-state index is -1.19. The summed E-state index contributed by atoms with van der Waals surface area (Å²) >= 11 is 0. The number of hydrogen-bond donors (Lipinski definition) is 4. The van der Waals surface area contributed by atoms with Crippen molar-refractivity contribution in [3.05, 3.63) is 35.9 Å². The van der Waals surface area contributed by atoms with Gasteiger partial charge in [0, 0.05) is 54.3 Å². The zero-order valence-corrected chi connectivity index (χ0v) is 34.2. The van der Waals surface area contributed by atoms with Crippen LogP contribution in [-0.4, -0.2) is 140 Å². The highest BCUT2D eigenvalue weighted by Gasteiger charge is 2.40. The Morgan fingerprint density at radius 1 is 1.02 bits per heavy atom. The Labute approximate surface area is 322 Å². The predicted octanol–water partition coefficient (Wildman–Crippen LogP) is 3.67. The van der Waals surface area contributed by atoms with Crippen LogP contribution in [0.3, 0.4) is 0 Å². The summed E-state index contributed by atoms with van der Waals surface area (Å²) in [7, 11) is 6.88. The third-order valence-electron chi connectivity index (χ3n) is 10.1. The van der Waals surface area contributed by atoms with Gasteiger partial charge in [0.1, 0.15) is 0 Å². The number of nitrogens with zero attached hydrogens (tertiary/aromatic N) is 2. The van der Waals surface area contributed by atoms with Crippen LogP contribution in [0.5, 0.6) is 0 Å². The number of carbonyl (C=O) groups excluding carboxylic acids is 3. The van der Waals surface area contributed by atoms with Gasteiger partial charge in [-0.3, -0.25) is 14.4 Å². The van der Waals surface area contributed by atoms with Crippen molar-refractivity contribution in [2.45, 2.75) is 129 Å². The standard InChI is InChI=1S/C24H46N2O4.C10H13NO2.C6H10O5/c1-10-18(6)23(25(7)21(27)14-16(2)3)20(29-8)15-22(28)26-13-11-12-19(26)24(30-9)17(4)5;1-13-10(7-11-8-12)9-5-3-2-4-6-9;7-3-1-4(8)5(6(9)10)11-2-3/h16-20,23-24H,10-15H2,1-9H3;2-6,8,10H,7H2,1H3,(H,11,12);3-5,7-8H,1-2H2,(H,9,10)/t18?,19-,20?,23?,24?;;3?,4?,5-/m0.0/s1. The number of hydrogen-bond acceptors (Lipinski definition) is 10. The minimum absolute atomic E-state index is 0.0198. The van der Waals surface area contributed by atoms with Gasteiger partial charge in [0.25, 0.3) is 0 Å².